The maximum absolute atomic E-state index is 12.8. The first-order valence-electron chi connectivity index (χ1n) is 7.49. The van der Waals surface area contributed by atoms with Crippen LogP contribution in [0.15, 0.2) is 35.5 Å². The summed E-state index contributed by atoms with van der Waals surface area (Å²) < 4.78 is 0. The molecule has 0 radical (unpaired) electrons. The number of nitro benzene ring substituents is 1. The van der Waals surface area contributed by atoms with Crippen molar-refractivity contribution in [1.82, 2.24) is 5.32 Å². The highest BCUT2D eigenvalue weighted by atomic mass is 16.6. The first-order valence-corrected chi connectivity index (χ1v) is 7.49. The number of nitriles is 1. The number of nitrogens with zero attached hydrogens (tertiary/aromatic N) is 2. The molecule has 0 spiro atoms. The molecular formula is C17H15N3O4. The number of nitrogens with one attached hydrogen (secondary N) is 1. The van der Waals surface area contributed by atoms with E-state index in [9.17, 15) is 25.0 Å². The number of hydrogen-bond donors (Lipinski definition) is 1. The third kappa shape index (κ3) is 2.27. The average molecular weight is 325 g/mol. The number of non-ortho nitro benzene ring substituents is 1. The largest absolute Gasteiger partial charge is 0.328 e. The lowest BCUT2D eigenvalue weighted by Crippen LogP contribution is -2.39. The Morgan fingerprint density at radius 1 is 1.29 bits per heavy atom. The number of Topliss-reactive ketones (excluding diaryl/α,β-unsaturated/α-hetero) is 1. The first kappa shape index (κ1) is 15.9. The molecule has 122 valence electrons. The van der Waals surface area contributed by atoms with Gasteiger partial charge in [-0.1, -0.05) is 26.0 Å². The average Bonchev–Trinajstić information content (AvgIpc) is 2.75. The van der Waals surface area contributed by atoms with E-state index in [2.05, 4.69) is 5.32 Å². The van der Waals surface area contributed by atoms with Crippen molar-refractivity contribution in [3.8, 4) is 6.07 Å². The second-order valence-electron chi connectivity index (χ2n) is 6.70. The molecule has 1 aromatic carbocycles. The summed E-state index contributed by atoms with van der Waals surface area (Å²) in [6.07, 6.45) is 0.411. The molecule has 0 saturated carbocycles. The number of ketones is 1. The number of amides is 1. The van der Waals surface area contributed by atoms with Gasteiger partial charge in [0.1, 0.15) is 5.92 Å². The molecule has 1 aliphatic heterocycles. The lowest BCUT2D eigenvalue weighted by atomic mass is 9.76. The van der Waals surface area contributed by atoms with E-state index in [0.29, 0.717) is 23.3 Å². The van der Waals surface area contributed by atoms with Crippen LogP contribution in [-0.4, -0.2) is 16.6 Å². The summed E-state index contributed by atoms with van der Waals surface area (Å²) in [6, 6.07) is 7.63. The van der Waals surface area contributed by atoms with Crippen molar-refractivity contribution < 1.29 is 14.5 Å². The summed E-state index contributed by atoms with van der Waals surface area (Å²) in [5, 5.41) is 22.9. The van der Waals surface area contributed by atoms with Crippen LogP contribution < -0.4 is 5.32 Å². The molecule has 24 heavy (non-hydrogen) atoms. The summed E-state index contributed by atoms with van der Waals surface area (Å²) in [5.41, 5.74) is 0.839. The van der Waals surface area contributed by atoms with Crippen molar-refractivity contribution in [2.45, 2.75) is 26.2 Å². The van der Waals surface area contributed by atoms with Crippen molar-refractivity contribution >= 4 is 17.4 Å². The molecule has 0 bridgehead atoms. The van der Waals surface area contributed by atoms with Crippen LogP contribution in [0.1, 0.15) is 31.7 Å². The second-order valence-corrected chi connectivity index (χ2v) is 6.70. The molecule has 1 heterocycles. The summed E-state index contributed by atoms with van der Waals surface area (Å²) in [6.45, 7) is 3.60. The Balaban J connectivity index is 2.12. The van der Waals surface area contributed by atoms with Gasteiger partial charge in [-0.3, -0.25) is 19.7 Å². The molecule has 7 heteroatoms. The van der Waals surface area contributed by atoms with Crippen LogP contribution in [0.5, 0.6) is 0 Å². The number of allylic oxidation sites excluding steroid dienone is 2. The van der Waals surface area contributed by atoms with Crippen LogP contribution in [0.25, 0.3) is 0 Å². The highest BCUT2D eigenvalue weighted by Gasteiger charge is 2.50. The molecule has 0 aromatic heterocycles. The standard InChI is InChI=1S/C17H15N3O4/c1-17(2)7-12-14(15(17)21)13(11(8-18)16(22)19-12)9-3-5-10(6-4-9)20(23)24/h3-6,11,13H,7H2,1-2H3,(H,19,22). The van der Waals surface area contributed by atoms with Gasteiger partial charge < -0.3 is 5.32 Å². The van der Waals surface area contributed by atoms with Gasteiger partial charge in [0, 0.05) is 41.2 Å². The molecule has 1 amide bonds. The molecule has 7 nitrogen and oxygen atoms in total. The predicted octanol–water partition coefficient (Wildman–Crippen LogP) is 2.20. The Morgan fingerprint density at radius 2 is 1.92 bits per heavy atom. The van der Waals surface area contributed by atoms with Crippen LogP contribution in [0.2, 0.25) is 0 Å². The zero-order chi connectivity index (χ0) is 17.6. The number of nitro groups is 1. The third-order valence-electron chi connectivity index (χ3n) is 4.61. The van der Waals surface area contributed by atoms with E-state index in [1.807, 2.05) is 6.07 Å². The molecule has 2 aliphatic rings. The zero-order valence-corrected chi connectivity index (χ0v) is 13.2. The van der Waals surface area contributed by atoms with E-state index in [1.54, 1.807) is 13.8 Å². The smallest absolute Gasteiger partial charge is 0.269 e. The van der Waals surface area contributed by atoms with E-state index >= 15 is 0 Å². The van der Waals surface area contributed by atoms with Crippen molar-refractivity contribution in [3.05, 3.63) is 51.2 Å². The molecule has 3 rings (SSSR count). The van der Waals surface area contributed by atoms with Gasteiger partial charge in [-0.15, -0.1) is 0 Å². The fourth-order valence-electron chi connectivity index (χ4n) is 3.40. The number of carbonyl (C=O) groups excluding carboxylic acids is 2. The Hall–Kier alpha value is -3.01. The van der Waals surface area contributed by atoms with Gasteiger partial charge in [-0.2, -0.15) is 5.26 Å². The van der Waals surface area contributed by atoms with Gasteiger partial charge in [0.15, 0.2) is 5.78 Å². The quantitative estimate of drug-likeness (QED) is 0.661. The maximum Gasteiger partial charge on any atom is 0.269 e. The fraction of sp³-hybridized carbons (Fsp3) is 0.353. The van der Waals surface area contributed by atoms with Gasteiger partial charge >= 0.3 is 0 Å². The number of rotatable bonds is 2. The molecule has 0 saturated heterocycles. The summed E-state index contributed by atoms with van der Waals surface area (Å²) >= 11 is 0. The summed E-state index contributed by atoms with van der Waals surface area (Å²) in [5.74, 6) is -2.27. The van der Waals surface area contributed by atoms with Crippen molar-refractivity contribution in [1.29, 1.82) is 5.26 Å². The molecule has 2 atom stereocenters. The first-order chi connectivity index (χ1) is 11.3. The van der Waals surface area contributed by atoms with E-state index < -0.39 is 28.1 Å². The van der Waals surface area contributed by atoms with Gasteiger partial charge in [0.25, 0.3) is 5.69 Å². The molecule has 0 fully saturated rings. The SMILES string of the molecule is CC1(C)CC2=C(C1=O)C(c1ccc([N+](=O)[O-])cc1)C(C#N)C(=O)N2. The van der Waals surface area contributed by atoms with Crippen LogP contribution in [0.3, 0.4) is 0 Å². The molecular weight excluding hydrogens is 310 g/mol. The minimum Gasteiger partial charge on any atom is -0.328 e. The number of benzene rings is 1. The van der Waals surface area contributed by atoms with Crippen molar-refractivity contribution in [2.75, 3.05) is 0 Å². The van der Waals surface area contributed by atoms with E-state index in [1.165, 1.54) is 24.3 Å². The molecule has 2 unspecified atom stereocenters. The molecule has 1 aliphatic carbocycles. The Bertz CT molecular complexity index is 830. The number of hydrogen-bond acceptors (Lipinski definition) is 5. The lowest BCUT2D eigenvalue weighted by Gasteiger charge is -2.28. The van der Waals surface area contributed by atoms with Crippen LogP contribution in [0.4, 0.5) is 5.69 Å². The summed E-state index contributed by atoms with van der Waals surface area (Å²) in [7, 11) is 0. The van der Waals surface area contributed by atoms with E-state index in [4.69, 9.17) is 0 Å². The normalized spacial score (nSPS) is 25.0. The fourth-order valence-corrected chi connectivity index (χ4v) is 3.40. The van der Waals surface area contributed by atoms with Crippen LogP contribution >= 0.6 is 0 Å². The maximum atomic E-state index is 12.8. The Labute approximate surface area is 138 Å². The zero-order valence-electron chi connectivity index (χ0n) is 13.2. The van der Waals surface area contributed by atoms with E-state index in [-0.39, 0.29) is 11.5 Å². The Morgan fingerprint density at radius 3 is 2.46 bits per heavy atom. The highest BCUT2D eigenvalue weighted by molar-refractivity contribution is 6.07. The van der Waals surface area contributed by atoms with Gasteiger partial charge in [0.2, 0.25) is 5.91 Å². The van der Waals surface area contributed by atoms with Crippen LogP contribution in [-0.2, 0) is 9.59 Å². The molecule has 1 N–H and O–H groups in total. The van der Waals surface area contributed by atoms with Gasteiger partial charge in [-0.25, -0.2) is 0 Å². The minimum absolute atomic E-state index is 0.0835. The number of carbonyl (C=O) groups is 2. The van der Waals surface area contributed by atoms with Crippen molar-refractivity contribution in [3.63, 3.8) is 0 Å². The topological polar surface area (TPSA) is 113 Å². The third-order valence-corrected chi connectivity index (χ3v) is 4.61. The highest BCUT2D eigenvalue weighted by Crippen LogP contribution is 2.48. The Kier molecular flexibility index (Phi) is 3.48. The monoisotopic (exact) mass is 325 g/mol. The van der Waals surface area contributed by atoms with Gasteiger partial charge in [0.05, 0.1) is 11.0 Å². The van der Waals surface area contributed by atoms with Crippen LogP contribution in [0, 0.1) is 32.8 Å². The predicted molar refractivity (Wildman–Crippen MR) is 83.5 cm³/mol. The second kappa shape index (κ2) is 5.27. The van der Waals surface area contributed by atoms with Crippen molar-refractivity contribution in [2.24, 2.45) is 11.3 Å². The van der Waals surface area contributed by atoms with E-state index in [0.717, 1.165) is 0 Å². The summed E-state index contributed by atoms with van der Waals surface area (Å²) in [4.78, 5) is 35.3. The molecule has 1 aromatic rings. The lowest BCUT2D eigenvalue weighted by molar-refractivity contribution is -0.384. The minimum atomic E-state index is -1.04. The van der Waals surface area contributed by atoms with Gasteiger partial charge in [-0.05, 0) is 5.56 Å².